The predicted molar refractivity (Wildman–Crippen MR) is 92.9 cm³/mol. The maximum atomic E-state index is 12.4. The van der Waals surface area contributed by atoms with E-state index >= 15 is 0 Å². The Morgan fingerprint density at radius 1 is 1.33 bits per heavy atom. The van der Waals surface area contributed by atoms with Crippen LogP contribution in [0.3, 0.4) is 0 Å². The van der Waals surface area contributed by atoms with Gasteiger partial charge in [0.2, 0.25) is 5.91 Å². The Kier molecular flexibility index (Phi) is 4.94. The lowest BCUT2D eigenvalue weighted by Gasteiger charge is -2.30. The van der Waals surface area contributed by atoms with Gasteiger partial charge in [-0.05, 0) is 25.8 Å². The van der Waals surface area contributed by atoms with Crippen molar-refractivity contribution in [2.45, 2.75) is 26.2 Å². The summed E-state index contributed by atoms with van der Waals surface area (Å²) in [6.45, 7) is 3.08. The zero-order chi connectivity index (χ0) is 17.1. The van der Waals surface area contributed by atoms with Crippen LogP contribution >= 0.6 is 11.3 Å². The molecule has 1 saturated heterocycles. The van der Waals surface area contributed by atoms with Crippen molar-refractivity contribution in [1.29, 1.82) is 0 Å². The number of nitrogens with zero attached hydrogens (tertiary/aromatic N) is 2. The Morgan fingerprint density at radius 2 is 2.08 bits per heavy atom. The third kappa shape index (κ3) is 3.82. The Labute approximate surface area is 145 Å². The SMILES string of the molecule is Cc1cccc(-c2nc(CC(=O)N3CCC(C(=O)O)CC3)cs2)c1. The molecule has 1 N–H and O–H groups in total. The summed E-state index contributed by atoms with van der Waals surface area (Å²) in [5, 5.41) is 11.9. The number of benzene rings is 1. The molecule has 1 amide bonds. The van der Waals surface area contributed by atoms with Crippen LogP contribution in [0.2, 0.25) is 0 Å². The Hall–Kier alpha value is -2.21. The van der Waals surface area contributed by atoms with Crippen LogP contribution in [0.5, 0.6) is 0 Å². The monoisotopic (exact) mass is 344 g/mol. The topological polar surface area (TPSA) is 70.5 Å². The van der Waals surface area contributed by atoms with E-state index in [2.05, 4.69) is 11.1 Å². The average molecular weight is 344 g/mol. The fourth-order valence-corrected chi connectivity index (χ4v) is 3.76. The molecule has 0 radical (unpaired) electrons. The largest absolute Gasteiger partial charge is 0.481 e. The van der Waals surface area contributed by atoms with E-state index < -0.39 is 5.97 Å². The van der Waals surface area contributed by atoms with Crippen molar-refractivity contribution in [1.82, 2.24) is 9.88 Å². The van der Waals surface area contributed by atoms with Gasteiger partial charge in [-0.1, -0.05) is 23.8 Å². The molecule has 3 rings (SSSR count). The molecule has 0 bridgehead atoms. The maximum absolute atomic E-state index is 12.4. The summed E-state index contributed by atoms with van der Waals surface area (Å²) >= 11 is 1.54. The van der Waals surface area contributed by atoms with Gasteiger partial charge in [0.1, 0.15) is 5.01 Å². The lowest BCUT2D eigenvalue weighted by atomic mass is 9.97. The number of carboxylic acid groups (broad SMARTS) is 1. The normalized spacial score (nSPS) is 15.5. The molecule has 0 unspecified atom stereocenters. The van der Waals surface area contributed by atoms with Crippen LogP contribution in [0.15, 0.2) is 29.6 Å². The zero-order valence-electron chi connectivity index (χ0n) is 13.6. The number of thiazole rings is 1. The highest BCUT2D eigenvalue weighted by atomic mass is 32.1. The van der Waals surface area contributed by atoms with Crippen LogP contribution in [0.25, 0.3) is 10.6 Å². The van der Waals surface area contributed by atoms with E-state index in [9.17, 15) is 9.59 Å². The van der Waals surface area contributed by atoms with Gasteiger partial charge in [-0.3, -0.25) is 9.59 Å². The van der Waals surface area contributed by atoms with Crippen molar-refractivity contribution in [2.24, 2.45) is 5.92 Å². The second-order valence-corrected chi connectivity index (χ2v) is 7.04. The molecular formula is C18H20N2O3S. The quantitative estimate of drug-likeness (QED) is 0.926. The lowest BCUT2D eigenvalue weighted by molar-refractivity contribution is -0.145. The third-order valence-corrected chi connectivity index (χ3v) is 5.29. The fourth-order valence-electron chi connectivity index (χ4n) is 2.94. The van der Waals surface area contributed by atoms with Crippen molar-refractivity contribution in [3.63, 3.8) is 0 Å². The van der Waals surface area contributed by atoms with Crippen LogP contribution < -0.4 is 0 Å². The summed E-state index contributed by atoms with van der Waals surface area (Å²) in [6.07, 6.45) is 1.35. The number of piperidine rings is 1. The van der Waals surface area contributed by atoms with E-state index in [4.69, 9.17) is 5.11 Å². The molecule has 1 aromatic carbocycles. The molecule has 2 heterocycles. The summed E-state index contributed by atoms with van der Waals surface area (Å²) in [4.78, 5) is 29.7. The van der Waals surface area contributed by atoms with E-state index in [1.807, 2.05) is 30.5 Å². The van der Waals surface area contributed by atoms with E-state index in [0.717, 1.165) is 16.3 Å². The zero-order valence-corrected chi connectivity index (χ0v) is 14.4. The highest BCUT2D eigenvalue weighted by Gasteiger charge is 2.27. The first-order valence-electron chi connectivity index (χ1n) is 8.05. The Morgan fingerprint density at radius 3 is 2.75 bits per heavy atom. The van der Waals surface area contributed by atoms with Crippen molar-refractivity contribution in [3.8, 4) is 10.6 Å². The Balaban J connectivity index is 1.61. The molecule has 2 aromatic rings. The van der Waals surface area contributed by atoms with Crippen LogP contribution in [-0.4, -0.2) is 40.0 Å². The van der Waals surface area contributed by atoms with Crippen LogP contribution in [0, 0.1) is 12.8 Å². The maximum Gasteiger partial charge on any atom is 0.306 e. The summed E-state index contributed by atoms with van der Waals surface area (Å²) in [5.74, 6) is -1.05. The van der Waals surface area contributed by atoms with Gasteiger partial charge in [0, 0.05) is 24.0 Å². The number of aromatic nitrogens is 1. The number of carboxylic acids is 1. The predicted octanol–water partition coefficient (Wildman–Crippen LogP) is 2.98. The minimum Gasteiger partial charge on any atom is -0.481 e. The van der Waals surface area contributed by atoms with Gasteiger partial charge >= 0.3 is 5.97 Å². The summed E-state index contributed by atoms with van der Waals surface area (Å²) < 4.78 is 0. The van der Waals surface area contributed by atoms with E-state index in [1.165, 1.54) is 5.56 Å². The van der Waals surface area contributed by atoms with Crippen molar-refractivity contribution in [3.05, 3.63) is 40.9 Å². The molecule has 6 heteroatoms. The minimum atomic E-state index is -0.760. The summed E-state index contributed by atoms with van der Waals surface area (Å²) in [6, 6.07) is 8.15. The minimum absolute atomic E-state index is 0.0277. The van der Waals surface area contributed by atoms with Crippen molar-refractivity contribution < 1.29 is 14.7 Å². The van der Waals surface area contributed by atoms with Gasteiger partial charge in [-0.25, -0.2) is 4.98 Å². The molecule has 24 heavy (non-hydrogen) atoms. The average Bonchev–Trinajstić information content (AvgIpc) is 3.03. The van der Waals surface area contributed by atoms with Gasteiger partial charge < -0.3 is 10.0 Å². The molecule has 0 spiro atoms. The number of rotatable bonds is 4. The standard InChI is InChI=1S/C18H20N2O3S/c1-12-3-2-4-14(9-12)17-19-15(11-24-17)10-16(21)20-7-5-13(6-8-20)18(22)23/h2-4,9,11,13H,5-8,10H2,1H3,(H,22,23). The Bertz CT molecular complexity index is 748. The molecule has 0 atom stereocenters. The molecule has 1 aliphatic rings. The van der Waals surface area contributed by atoms with Crippen LogP contribution in [0.4, 0.5) is 0 Å². The van der Waals surface area contributed by atoms with Gasteiger partial charge in [0.25, 0.3) is 0 Å². The second-order valence-electron chi connectivity index (χ2n) is 6.18. The highest BCUT2D eigenvalue weighted by molar-refractivity contribution is 7.13. The number of hydrogen-bond donors (Lipinski definition) is 1. The third-order valence-electron chi connectivity index (χ3n) is 4.35. The molecule has 5 nitrogen and oxygen atoms in total. The highest BCUT2D eigenvalue weighted by Crippen LogP contribution is 2.25. The number of amides is 1. The lowest BCUT2D eigenvalue weighted by Crippen LogP contribution is -2.41. The molecular weight excluding hydrogens is 324 g/mol. The molecule has 1 aliphatic heterocycles. The summed E-state index contributed by atoms with van der Waals surface area (Å²) in [5.41, 5.74) is 3.03. The molecule has 126 valence electrons. The van der Waals surface area contributed by atoms with Crippen molar-refractivity contribution >= 4 is 23.2 Å². The molecule has 0 aliphatic carbocycles. The molecule has 1 aromatic heterocycles. The smallest absolute Gasteiger partial charge is 0.306 e. The number of likely N-dealkylation sites (tertiary alicyclic amines) is 1. The van der Waals surface area contributed by atoms with E-state index in [1.54, 1.807) is 16.2 Å². The second kappa shape index (κ2) is 7.13. The van der Waals surface area contributed by atoms with E-state index in [-0.39, 0.29) is 18.2 Å². The van der Waals surface area contributed by atoms with Gasteiger partial charge in [0.15, 0.2) is 0 Å². The summed E-state index contributed by atoms with van der Waals surface area (Å²) in [7, 11) is 0. The molecule has 1 fully saturated rings. The first-order valence-corrected chi connectivity index (χ1v) is 8.93. The van der Waals surface area contributed by atoms with Crippen LogP contribution in [0.1, 0.15) is 24.1 Å². The number of aryl methyl sites for hydroxylation is 1. The number of hydrogen-bond acceptors (Lipinski definition) is 4. The first kappa shape index (κ1) is 16.6. The fraction of sp³-hybridized carbons (Fsp3) is 0.389. The first-order chi connectivity index (χ1) is 11.5. The van der Waals surface area contributed by atoms with E-state index in [0.29, 0.717) is 25.9 Å². The van der Waals surface area contributed by atoms with Crippen LogP contribution in [-0.2, 0) is 16.0 Å². The number of carbonyl (C=O) groups is 2. The number of carbonyl (C=O) groups excluding carboxylic acids is 1. The van der Waals surface area contributed by atoms with Gasteiger partial charge in [-0.2, -0.15) is 0 Å². The van der Waals surface area contributed by atoms with Crippen molar-refractivity contribution in [2.75, 3.05) is 13.1 Å². The van der Waals surface area contributed by atoms with Gasteiger partial charge in [0.05, 0.1) is 18.0 Å². The van der Waals surface area contributed by atoms with Gasteiger partial charge in [-0.15, -0.1) is 11.3 Å². The molecule has 0 saturated carbocycles. The number of aliphatic carboxylic acids is 1.